The molecule has 1 aromatic carbocycles. The molecule has 0 aliphatic carbocycles. The molecular weight excluding hydrogens is 180 g/mol. The highest BCUT2D eigenvalue weighted by Gasteiger charge is 2.21. The molecule has 0 spiro atoms. The lowest BCUT2D eigenvalue weighted by Gasteiger charge is -2.04. The molecule has 1 saturated heterocycles. The van der Waals surface area contributed by atoms with Crippen molar-refractivity contribution in [3.8, 4) is 0 Å². The fraction of sp³-hybridized carbons (Fsp3) is 0.455. The van der Waals surface area contributed by atoms with Crippen LogP contribution in [-0.2, 0) is 20.8 Å². The Labute approximate surface area is 83.6 Å². The summed E-state index contributed by atoms with van der Waals surface area (Å²) in [4.78, 5) is 0. The van der Waals surface area contributed by atoms with Gasteiger partial charge in [0.05, 0.1) is 19.8 Å². The Hall–Kier alpha value is -0.900. The third-order valence-corrected chi connectivity index (χ3v) is 1.98. The highest BCUT2D eigenvalue weighted by atomic mass is 16.7. The second-order valence-electron chi connectivity index (χ2n) is 3.28. The van der Waals surface area contributed by atoms with E-state index >= 15 is 0 Å². The van der Waals surface area contributed by atoms with Gasteiger partial charge in [-0.05, 0) is 5.56 Å². The minimum atomic E-state index is 0.315. The average molecular weight is 194 g/mol. The standard InChI is InChI=1S/C11H14O3/c1-2-4-10(5-3-1)6-12-9-13-7-11-8-14-11/h1-5,11H,6-9H2/t11-/m1/s1. The summed E-state index contributed by atoms with van der Waals surface area (Å²) in [6, 6.07) is 10.0. The number of hydrogen-bond donors (Lipinski definition) is 0. The van der Waals surface area contributed by atoms with Crippen LogP contribution in [0.5, 0.6) is 0 Å². The number of epoxide rings is 1. The van der Waals surface area contributed by atoms with Crippen LogP contribution in [0.3, 0.4) is 0 Å². The maximum Gasteiger partial charge on any atom is 0.147 e. The highest BCUT2D eigenvalue weighted by molar-refractivity contribution is 5.13. The molecule has 0 bridgehead atoms. The van der Waals surface area contributed by atoms with E-state index in [1.807, 2.05) is 30.3 Å². The van der Waals surface area contributed by atoms with Crippen molar-refractivity contribution in [2.24, 2.45) is 0 Å². The highest BCUT2D eigenvalue weighted by Crippen LogP contribution is 2.08. The van der Waals surface area contributed by atoms with Gasteiger partial charge in [-0.15, -0.1) is 0 Å². The minimum absolute atomic E-state index is 0.315. The van der Waals surface area contributed by atoms with Gasteiger partial charge in [-0.3, -0.25) is 0 Å². The molecule has 0 radical (unpaired) electrons. The average Bonchev–Trinajstić information content (AvgIpc) is 3.03. The molecule has 3 nitrogen and oxygen atoms in total. The van der Waals surface area contributed by atoms with Gasteiger partial charge in [0.2, 0.25) is 0 Å². The van der Waals surface area contributed by atoms with Gasteiger partial charge in [0.25, 0.3) is 0 Å². The molecule has 0 saturated carbocycles. The molecule has 14 heavy (non-hydrogen) atoms. The molecule has 2 rings (SSSR count). The van der Waals surface area contributed by atoms with E-state index in [-0.39, 0.29) is 0 Å². The molecule has 0 unspecified atom stereocenters. The first kappa shape index (κ1) is 9.65. The lowest BCUT2D eigenvalue weighted by atomic mass is 10.2. The molecule has 0 aromatic heterocycles. The molecule has 3 heteroatoms. The van der Waals surface area contributed by atoms with Crippen molar-refractivity contribution in [3.63, 3.8) is 0 Å². The van der Waals surface area contributed by atoms with Crippen molar-refractivity contribution < 1.29 is 14.2 Å². The van der Waals surface area contributed by atoms with E-state index in [4.69, 9.17) is 14.2 Å². The first-order valence-electron chi connectivity index (χ1n) is 4.76. The zero-order chi connectivity index (χ0) is 9.64. The molecular formula is C11H14O3. The Kier molecular flexibility index (Phi) is 3.51. The van der Waals surface area contributed by atoms with Gasteiger partial charge in [0.1, 0.15) is 12.9 Å². The van der Waals surface area contributed by atoms with Gasteiger partial charge in [-0.25, -0.2) is 0 Å². The quantitative estimate of drug-likeness (QED) is 0.391. The molecule has 1 atom stereocenters. The van der Waals surface area contributed by atoms with Gasteiger partial charge in [0, 0.05) is 0 Å². The van der Waals surface area contributed by atoms with Crippen molar-refractivity contribution in [1.29, 1.82) is 0 Å². The monoisotopic (exact) mass is 194 g/mol. The molecule has 76 valence electrons. The molecule has 1 fully saturated rings. The summed E-state index contributed by atoms with van der Waals surface area (Å²) in [6.45, 7) is 2.43. The largest absolute Gasteiger partial charge is 0.371 e. The fourth-order valence-electron chi connectivity index (χ4n) is 1.14. The first-order chi connectivity index (χ1) is 6.95. The zero-order valence-corrected chi connectivity index (χ0v) is 8.02. The van der Waals surface area contributed by atoms with E-state index in [2.05, 4.69) is 0 Å². The van der Waals surface area contributed by atoms with Gasteiger partial charge in [0.15, 0.2) is 0 Å². The predicted octanol–water partition coefficient (Wildman–Crippen LogP) is 1.58. The Morgan fingerprint density at radius 2 is 2.00 bits per heavy atom. The predicted molar refractivity (Wildman–Crippen MR) is 51.8 cm³/mol. The summed E-state index contributed by atoms with van der Waals surface area (Å²) in [5, 5.41) is 0. The van der Waals surface area contributed by atoms with E-state index in [1.54, 1.807) is 0 Å². The lowest BCUT2D eigenvalue weighted by molar-refractivity contribution is -0.0650. The number of benzene rings is 1. The van der Waals surface area contributed by atoms with Crippen LogP contribution in [0.4, 0.5) is 0 Å². The molecule has 1 heterocycles. The second-order valence-corrected chi connectivity index (χ2v) is 3.28. The summed E-state index contributed by atoms with van der Waals surface area (Å²) in [7, 11) is 0. The van der Waals surface area contributed by atoms with Gasteiger partial charge < -0.3 is 14.2 Å². The SMILES string of the molecule is c1ccc(COCOC[C@@H]2CO2)cc1. The van der Waals surface area contributed by atoms with Crippen molar-refractivity contribution in [2.75, 3.05) is 20.0 Å². The van der Waals surface area contributed by atoms with E-state index in [0.717, 1.165) is 6.61 Å². The van der Waals surface area contributed by atoms with Gasteiger partial charge >= 0.3 is 0 Å². The molecule has 0 N–H and O–H groups in total. The maximum atomic E-state index is 5.32. The summed E-state index contributed by atoms with van der Waals surface area (Å²) in [5.74, 6) is 0. The van der Waals surface area contributed by atoms with Crippen molar-refractivity contribution in [1.82, 2.24) is 0 Å². The van der Waals surface area contributed by atoms with Gasteiger partial charge in [-0.1, -0.05) is 30.3 Å². The summed E-state index contributed by atoms with van der Waals surface area (Å²) >= 11 is 0. The zero-order valence-electron chi connectivity index (χ0n) is 8.02. The van der Waals surface area contributed by atoms with Crippen LogP contribution in [0.15, 0.2) is 30.3 Å². The molecule has 1 aliphatic heterocycles. The van der Waals surface area contributed by atoms with Crippen LogP contribution < -0.4 is 0 Å². The number of ether oxygens (including phenoxy) is 3. The van der Waals surface area contributed by atoms with Crippen LogP contribution in [0.1, 0.15) is 5.56 Å². The first-order valence-corrected chi connectivity index (χ1v) is 4.76. The minimum Gasteiger partial charge on any atom is -0.371 e. The van der Waals surface area contributed by atoms with Crippen molar-refractivity contribution in [2.45, 2.75) is 12.7 Å². The molecule has 0 amide bonds. The van der Waals surface area contributed by atoms with Crippen molar-refractivity contribution >= 4 is 0 Å². The van der Waals surface area contributed by atoms with E-state index in [9.17, 15) is 0 Å². The van der Waals surface area contributed by atoms with Crippen LogP contribution >= 0.6 is 0 Å². The topological polar surface area (TPSA) is 31.0 Å². The van der Waals surface area contributed by atoms with Crippen LogP contribution in [0, 0.1) is 0 Å². The third kappa shape index (κ3) is 3.46. The Morgan fingerprint density at radius 1 is 1.21 bits per heavy atom. The normalized spacial score (nSPS) is 19.6. The summed E-state index contributed by atoms with van der Waals surface area (Å²) in [6.07, 6.45) is 0.315. The van der Waals surface area contributed by atoms with E-state index in [0.29, 0.717) is 26.1 Å². The molecule has 1 aromatic rings. The number of rotatable bonds is 6. The third-order valence-electron chi connectivity index (χ3n) is 1.98. The van der Waals surface area contributed by atoms with Crippen LogP contribution in [0.2, 0.25) is 0 Å². The van der Waals surface area contributed by atoms with Crippen molar-refractivity contribution in [3.05, 3.63) is 35.9 Å². The fourth-order valence-corrected chi connectivity index (χ4v) is 1.14. The van der Waals surface area contributed by atoms with E-state index < -0.39 is 0 Å². The summed E-state index contributed by atoms with van der Waals surface area (Å²) < 4.78 is 15.5. The molecule has 1 aliphatic rings. The second kappa shape index (κ2) is 5.10. The smallest absolute Gasteiger partial charge is 0.147 e. The lowest BCUT2D eigenvalue weighted by Crippen LogP contribution is -2.05. The van der Waals surface area contributed by atoms with E-state index in [1.165, 1.54) is 5.56 Å². The maximum absolute atomic E-state index is 5.32. The Bertz CT molecular complexity index is 256. The van der Waals surface area contributed by atoms with Crippen LogP contribution in [0.25, 0.3) is 0 Å². The van der Waals surface area contributed by atoms with Crippen LogP contribution in [-0.4, -0.2) is 26.1 Å². The Morgan fingerprint density at radius 3 is 2.71 bits per heavy atom. The number of hydrogen-bond acceptors (Lipinski definition) is 3. The Balaban J connectivity index is 1.54. The van der Waals surface area contributed by atoms with Gasteiger partial charge in [-0.2, -0.15) is 0 Å². The summed E-state index contributed by atoms with van der Waals surface area (Å²) in [5.41, 5.74) is 1.17.